The van der Waals surface area contributed by atoms with Gasteiger partial charge in [0.05, 0.1) is 12.1 Å². The van der Waals surface area contributed by atoms with E-state index in [1.54, 1.807) is 57.4 Å². The summed E-state index contributed by atoms with van der Waals surface area (Å²) in [5.41, 5.74) is 1.15. The molecule has 0 bridgehead atoms. The van der Waals surface area contributed by atoms with Gasteiger partial charge in [-0.05, 0) is 50.1 Å². The first-order valence-corrected chi connectivity index (χ1v) is 7.94. The van der Waals surface area contributed by atoms with Gasteiger partial charge in [0.15, 0.2) is 0 Å². The Morgan fingerprint density at radius 2 is 1.80 bits per heavy atom. The number of aromatic carboxylic acids is 1. The number of aromatic nitrogens is 1. The van der Waals surface area contributed by atoms with Gasteiger partial charge in [0.25, 0.3) is 0 Å². The molecule has 0 aliphatic carbocycles. The molecule has 0 atom stereocenters. The van der Waals surface area contributed by atoms with Crippen molar-refractivity contribution in [2.24, 2.45) is 0 Å². The van der Waals surface area contributed by atoms with E-state index in [9.17, 15) is 9.59 Å². The van der Waals surface area contributed by atoms with Crippen LogP contribution in [0, 0.1) is 0 Å². The van der Waals surface area contributed by atoms with Crippen molar-refractivity contribution >= 4 is 12.1 Å². The molecule has 0 fully saturated rings. The highest BCUT2D eigenvalue weighted by atomic mass is 16.6. The highest BCUT2D eigenvalue weighted by molar-refractivity contribution is 5.87. The van der Waals surface area contributed by atoms with Gasteiger partial charge in [0, 0.05) is 18.9 Å². The van der Waals surface area contributed by atoms with Crippen molar-refractivity contribution in [1.29, 1.82) is 0 Å². The monoisotopic (exact) mass is 342 g/mol. The molecule has 0 saturated carbocycles. The summed E-state index contributed by atoms with van der Waals surface area (Å²) in [5.74, 6) is -1.00. The number of carboxylic acid groups (broad SMARTS) is 1. The van der Waals surface area contributed by atoms with Gasteiger partial charge in [0.1, 0.15) is 5.60 Å². The Morgan fingerprint density at radius 1 is 1.12 bits per heavy atom. The van der Waals surface area contributed by atoms with E-state index >= 15 is 0 Å². The van der Waals surface area contributed by atoms with E-state index < -0.39 is 17.7 Å². The molecule has 2 aromatic rings. The number of rotatable bonds is 5. The molecule has 0 unspecified atom stereocenters. The van der Waals surface area contributed by atoms with E-state index in [1.165, 1.54) is 11.0 Å². The number of hydrogen-bond acceptors (Lipinski definition) is 4. The summed E-state index contributed by atoms with van der Waals surface area (Å²) in [6, 6.07) is 10.2. The van der Waals surface area contributed by atoms with Crippen LogP contribution < -0.4 is 0 Å². The molecule has 0 radical (unpaired) electrons. The predicted octanol–water partition coefficient (Wildman–Crippen LogP) is 3.72. The van der Waals surface area contributed by atoms with E-state index in [0.29, 0.717) is 6.54 Å². The van der Waals surface area contributed by atoms with Crippen LogP contribution in [0.2, 0.25) is 0 Å². The lowest BCUT2D eigenvalue weighted by molar-refractivity contribution is 0.0216. The Morgan fingerprint density at radius 3 is 2.40 bits per heavy atom. The number of carboxylic acids is 1. The molecule has 0 aliphatic heterocycles. The van der Waals surface area contributed by atoms with Gasteiger partial charge in [-0.2, -0.15) is 0 Å². The second-order valence-electron chi connectivity index (χ2n) is 6.70. The molecule has 132 valence electrons. The van der Waals surface area contributed by atoms with E-state index in [2.05, 4.69) is 4.98 Å². The molecular formula is C19H22N2O4. The average Bonchev–Trinajstić information content (AvgIpc) is 2.54. The van der Waals surface area contributed by atoms with Crippen LogP contribution in [0.3, 0.4) is 0 Å². The predicted molar refractivity (Wildman–Crippen MR) is 93.1 cm³/mol. The van der Waals surface area contributed by atoms with Gasteiger partial charge in [-0.25, -0.2) is 9.59 Å². The zero-order valence-corrected chi connectivity index (χ0v) is 14.6. The first-order chi connectivity index (χ1) is 11.7. The summed E-state index contributed by atoms with van der Waals surface area (Å²) in [5, 5.41) is 9.13. The quantitative estimate of drug-likeness (QED) is 0.896. The zero-order chi connectivity index (χ0) is 18.4. The summed E-state index contributed by atoms with van der Waals surface area (Å²) >= 11 is 0. The third-order valence-electron chi connectivity index (χ3n) is 3.30. The van der Waals surface area contributed by atoms with E-state index in [0.717, 1.165) is 11.1 Å². The molecule has 1 amide bonds. The maximum Gasteiger partial charge on any atom is 0.410 e. The highest BCUT2D eigenvalue weighted by Gasteiger charge is 2.23. The summed E-state index contributed by atoms with van der Waals surface area (Å²) in [7, 11) is 0. The van der Waals surface area contributed by atoms with Crippen molar-refractivity contribution in [3.8, 4) is 0 Å². The molecule has 0 spiro atoms. The second kappa shape index (κ2) is 7.79. The van der Waals surface area contributed by atoms with Crippen LogP contribution in [0.1, 0.15) is 42.3 Å². The van der Waals surface area contributed by atoms with E-state index in [4.69, 9.17) is 9.84 Å². The lowest BCUT2D eigenvalue weighted by atomic mass is 10.1. The lowest BCUT2D eigenvalue weighted by Gasteiger charge is -2.27. The molecule has 2 rings (SSSR count). The Balaban J connectivity index is 2.23. The Labute approximate surface area is 147 Å². The van der Waals surface area contributed by atoms with Crippen molar-refractivity contribution in [3.05, 3.63) is 65.5 Å². The molecule has 25 heavy (non-hydrogen) atoms. The smallest absolute Gasteiger partial charge is 0.410 e. The summed E-state index contributed by atoms with van der Waals surface area (Å²) in [6.45, 7) is 5.97. The minimum absolute atomic E-state index is 0.183. The van der Waals surface area contributed by atoms with Crippen LogP contribution in [0.15, 0.2) is 48.8 Å². The number of pyridine rings is 1. The number of amides is 1. The Kier molecular flexibility index (Phi) is 5.75. The average molecular weight is 342 g/mol. The molecule has 0 saturated heterocycles. The number of nitrogens with zero attached hydrogens (tertiary/aromatic N) is 2. The Hall–Kier alpha value is -2.89. The second-order valence-corrected chi connectivity index (χ2v) is 6.70. The fourth-order valence-electron chi connectivity index (χ4n) is 2.25. The van der Waals surface area contributed by atoms with Crippen molar-refractivity contribution < 1.29 is 19.4 Å². The van der Waals surface area contributed by atoms with Crippen molar-refractivity contribution in [2.75, 3.05) is 0 Å². The molecule has 1 aromatic carbocycles. The lowest BCUT2D eigenvalue weighted by Crippen LogP contribution is -2.36. The maximum atomic E-state index is 12.6. The SMILES string of the molecule is CC(C)(C)OC(=O)N(Cc1cccnc1)Cc1cccc(C(=O)O)c1. The van der Waals surface area contributed by atoms with E-state index in [1.807, 2.05) is 6.07 Å². The van der Waals surface area contributed by atoms with Crippen molar-refractivity contribution in [1.82, 2.24) is 9.88 Å². The molecule has 1 N–H and O–H groups in total. The number of benzene rings is 1. The summed E-state index contributed by atoms with van der Waals surface area (Å²) in [6.07, 6.45) is 2.89. The Bertz CT molecular complexity index is 739. The van der Waals surface area contributed by atoms with Gasteiger partial charge in [-0.3, -0.25) is 9.88 Å². The molecule has 1 heterocycles. The molecule has 6 heteroatoms. The largest absolute Gasteiger partial charge is 0.478 e. The summed E-state index contributed by atoms with van der Waals surface area (Å²) in [4.78, 5) is 29.3. The fourth-order valence-corrected chi connectivity index (χ4v) is 2.25. The molecular weight excluding hydrogens is 320 g/mol. The summed E-state index contributed by atoms with van der Waals surface area (Å²) < 4.78 is 5.47. The topological polar surface area (TPSA) is 79.7 Å². The highest BCUT2D eigenvalue weighted by Crippen LogP contribution is 2.16. The van der Waals surface area contributed by atoms with Gasteiger partial charge < -0.3 is 9.84 Å². The van der Waals surface area contributed by atoms with Crippen LogP contribution in [0.5, 0.6) is 0 Å². The maximum absolute atomic E-state index is 12.6. The molecule has 1 aromatic heterocycles. The van der Waals surface area contributed by atoms with E-state index in [-0.39, 0.29) is 12.1 Å². The normalized spacial score (nSPS) is 11.0. The minimum Gasteiger partial charge on any atom is -0.478 e. The van der Waals surface area contributed by atoms with Crippen LogP contribution in [0.4, 0.5) is 4.79 Å². The van der Waals surface area contributed by atoms with Crippen LogP contribution in [0.25, 0.3) is 0 Å². The van der Waals surface area contributed by atoms with Crippen LogP contribution in [-0.2, 0) is 17.8 Å². The van der Waals surface area contributed by atoms with Crippen molar-refractivity contribution in [3.63, 3.8) is 0 Å². The fraction of sp³-hybridized carbons (Fsp3) is 0.316. The third kappa shape index (κ3) is 5.91. The first kappa shape index (κ1) is 18.4. The van der Waals surface area contributed by atoms with Crippen LogP contribution in [-0.4, -0.2) is 32.7 Å². The third-order valence-corrected chi connectivity index (χ3v) is 3.30. The number of carbonyl (C=O) groups is 2. The molecule has 0 aliphatic rings. The number of ether oxygens (including phenoxy) is 1. The standard InChI is InChI=1S/C19H22N2O4/c1-19(2,3)25-18(24)21(13-15-7-5-9-20-11-15)12-14-6-4-8-16(10-14)17(22)23/h4-11H,12-13H2,1-3H3,(H,22,23). The number of hydrogen-bond donors (Lipinski definition) is 1. The molecule has 6 nitrogen and oxygen atoms in total. The van der Waals surface area contributed by atoms with Gasteiger partial charge >= 0.3 is 12.1 Å². The van der Waals surface area contributed by atoms with Crippen molar-refractivity contribution in [2.45, 2.75) is 39.5 Å². The zero-order valence-electron chi connectivity index (χ0n) is 14.6. The van der Waals surface area contributed by atoms with Crippen LogP contribution >= 0.6 is 0 Å². The first-order valence-electron chi connectivity index (χ1n) is 7.94. The minimum atomic E-state index is -1.00. The van der Waals surface area contributed by atoms with Gasteiger partial charge in [-0.15, -0.1) is 0 Å². The number of carbonyl (C=O) groups excluding carboxylic acids is 1. The van der Waals surface area contributed by atoms with Gasteiger partial charge in [0.2, 0.25) is 0 Å². The van der Waals surface area contributed by atoms with Gasteiger partial charge in [-0.1, -0.05) is 18.2 Å².